The van der Waals surface area contributed by atoms with Crippen LogP contribution in [0.5, 0.6) is 11.5 Å². The summed E-state index contributed by atoms with van der Waals surface area (Å²) in [6, 6.07) is 15.3. The molecule has 2 aromatic carbocycles. The highest BCUT2D eigenvalue weighted by atomic mass is 127. The van der Waals surface area contributed by atoms with Crippen molar-refractivity contribution >= 4 is 69.3 Å². The third-order valence-electron chi connectivity index (χ3n) is 6.12. The van der Waals surface area contributed by atoms with Gasteiger partial charge in [-0.3, -0.25) is 0 Å². The Kier molecular flexibility index (Phi) is 24.5. The first-order chi connectivity index (χ1) is 24.4. The molecule has 0 fully saturated rings. The summed E-state index contributed by atoms with van der Waals surface area (Å²) in [7, 11) is 0. The topological polar surface area (TPSA) is 141 Å². The fourth-order valence-electron chi connectivity index (χ4n) is 3.87. The van der Waals surface area contributed by atoms with Crippen LogP contribution in [-0.2, 0) is 23.8 Å². The van der Waals surface area contributed by atoms with Crippen LogP contribution in [0.1, 0.15) is 68.7 Å². The minimum Gasteiger partial charge on any atom is -0.492 e. The van der Waals surface area contributed by atoms with Gasteiger partial charge in [-0.2, -0.15) is 0 Å². The maximum absolute atomic E-state index is 12.4. The van der Waals surface area contributed by atoms with E-state index in [9.17, 15) is 19.2 Å². The van der Waals surface area contributed by atoms with E-state index in [0.29, 0.717) is 58.8 Å². The molecule has 2 rings (SSSR count). The molecule has 0 unspecified atom stereocenters. The molecule has 0 heterocycles. The summed E-state index contributed by atoms with van der Waals surface area (Å²) in [4.78, 5) is 49.6. The Balaban J connectivity index is 0.00000100. The Hall–Kier alpha value is -3.54. The monoisotopic (exact) mass is 966 g/mol. The van der Waals surface area contributed by atoms with Crippen molar-refractivity contribution in [3.8, 4) is 11.5 Å². The summed E-state index contributed by atoms with van der Waals surface area (Å²) in [6.45, 7) is 15.1. The molecule has 12 nitrogen and oxygen atoms in total. The third-order valence-corrected chi connectivity index (χ3v) is 7.56. The van der Waals surface area contributed by atoms with Crippen LogP contribution in [0.4, 0.5) is 9.59 Å². The second-order valence-electron chi connectivity index (χ2n) is 13.0. The molecular weight excluding hydrogens is 910 g/mol. The number of carboxylic acid groups (broad SMARTS) is 1. The Morgan fingerprint density at radius 1 is 0.660 bits per heavy atom. The van der Waals surface area contributed by atoms with E-state index in [1.807, 2.05) is 69.3 Å². The second kappa shape index (κ2) is 26.3. The van der Waals surface area contributed by atoms with Gasteiger partial charge in [0, 0.05) is 32.4 Å². The summed E-state index contributed by atoms with van der Waals surface area (Å²) < 4.78 is 29.3. The van der Waals surface area contributed by atoms with Gasteiger partial charge in [-0.05, 0) is 155 Å². The molecule has 0 atom stereocenters. The predicted molar refractivity (Wildman–Crippen MR) is 223 cm³/mol. The molecule has 0 bridgehead atoms. The molecule has 296 valence electrons. The number of nitrogens with zero attached hydrogens (tertiary/aromatic N) is 2. The minimum absolute atomic E-state index is 0. The highest BCUT2D eigenvalue weighted by molar-refractivity contribution is 14.1. The normalized spacial score (nSPS) is 11.1. The van der Waals surface area contributed by atoms with E-state index in [0.717, 1.165) is 24.7 Å². The molecule has 0 aromatic heterocycles. The van der Waals surface area contributed by atoms with E-state index in [1.54, 1.807) is 38.7 Å². The summed E-state index contributed by atoms with van der Waals surface area (Å²) in [5.74, 6) is 0.0892. The van der Waals surface area contributed by atoms with Gasteiger partial charge in [0.05, 0.1) is 19.7 Å². The fourth-order valence-corrected chi connectivity index (χ4v) is 4.58. The number of ether oxygens (including phenoxy) is 5. The highest BCUT2D eigenvalue weighted by Crippen LogP contribution is 2.16. The number of esters is 1. The van der Waals surface area contributed by atoms with Gasteiger partial charge in [0.15, 0.2) is 0 Å². The number of hydrogen-bond donors (Lipinski definition) is 1. The number of rotatable bonds is 17. The van der Waals surface area contributed by atoms with Crippen LogP contribution < -0.4 is 9.47 Å². The largest absolute Gasteiger partial charge is 0.492 e. The maximum atomic E-state index is 12.4. The Morgan fingerprint density at radius 3 is 1.38 bits per heavy atom. The lowest BCUT2D eigenvalue weighted by atomic mass is 10.2. The Morgan fingerprint density at radius 2 is 1.04 bits per heavy atom. The average molecular weight is 967 g/mol. The van der Waals surface area contributed by atoms with Gasteiger partial charge in [0.2, 0.25) is 0 Å². The van der Waals surface area contributed by atoms with Crippen LogP contribution in [-0.4, -0.2) is 96.2 Å². The maximum Gasteiger partial charge on any atom is 0.410 e. The van der Waals surface area contributed by atoms with E-state index < -0.39 is 29.4 Å². The molecule has 0 spiro atoms. The molecule has 1 N–H and O–H groups in total. The lowest BCUT2D eigenvalue weighted by molar-refractivity contribution is -0.137. The summed E-state index contributed by atoms with van der Waals surface area (Å²) in [5.41, 5.74) is -1.17. The number of carbonyl (C=O) groups excluding carboxylic acids is 3. The first-order valence-electron chi connectivity index (χ1n) is 16.8. The molecule has 0 aliphatic carbocycles. The lowest BCUT2D eigenvalue weighted by Crippen LogP contribution is -2.39. The van der Waals surface area contributed by atoms with E-state index in [-0.39, 0.29) is 13.4 Å². The molecule has 0 aliphatic rings. The van der Waals surface area contributed by atoms with Crippen molar-refractivity contribution in [1.29, 1.82) is 0 Å². The quantitative estimate of drug-likeness (QED) is 0.0707. The Bertz CT molecular complexity index is 1430. The van der Waals surface area contributed by atoms with Crippen LogP contribution >= 0.6 is 45.2 Å². The number of carboxylic acids is 1. The van der Waals surface area contributed by atoms with Gasteiger partial charge < -0.3 is 38.6 Å². The highest BCUT2D eigenvalue weighted by Gasteiger charge is 2.23. The number of aliphatic carboxylic acids is 1. The van der Waals surface area contributed by atoms with Gasteiger partial charge in [0.25, 0.3) is 0 Å². The molecule has 0 saturated heterocycles. The van der Waals surface area contributed by atoms with Gasteiger partial charge >= 0.3 is 24.1 Å². The molecule has 0 saturated carbocycles. The Labute approximate surface area is 342 Å². The smallest absolute Gasteiger partial charge is 0.410 e. The van der Waals surface area contributed by atoms with E-state index in [1.165, 1.54) is 17.1 Å². The van der Waals surface area contributed by atoms with Gasteiger partial charge in [-0.15, -0.1) is 0 Å². The van der Waals surface area contributed by atoms with E-state index in [4.69, 9.17) is 28.8 Å². The van der Waals surface area contributed by atoms with E-state index >= 15 is 0 Å². The average Bonchev–Trinajstić information content (AvgIpc) is 3.03. The SMILES string of the molecule is C.CC(C)(C)OC(=O)N(CC/C=C/C(=O)O)CCOc1ccc(I)cc1.CCOC(=O)/C=C/CCN(CCOc1ccc(I)cc1)C(=O)OC(C)(C)C. The van der Waals surface area contributed by atoms with Crippen molar-refractivity contribution in [3.63, 3.8) is 0 Å². The van der Waals surface area contributed by atoms with Gasteiger partial charge in [0.1, 0.15) is 35.9 Å². The van der Waals surface area contributed by atoms with Crippen molar-refractivity contribution in [1.82, 2.24) is 9.80 Å². The summed E-state index contributed by atoms with van der Waals surface area (Å²) in [6.07, 6.45) is 5.74. The van der Waals surface area contributed by atoms with Gasteiger partial charge in [-0.25, -0.2) is 19.2 Å². The molecule has 53 heavy (non-hydrogen) atoms. The predicted octanol–water partition coefficient (Wildman–Crippen LogP) is 8.99. The van der Waals surface area contributed by atoms with Crippen molar-refractivity contribution in [2.75, 3.05) is 46.0 Å². The summed E-state index contributed by atoms with van der Waals surface area (Å²) in [5, 5.41) is 8.62. The number of halogens is 2. The fraction of sp³-hybridized carbons (Fsp3) is 0.487. The lowest BCUT2D eigenvalue weighted by Gasteiger charge is -2.27. The molecule has 0 radical (unpaired) electrons. The number of carbonyl (C=O) groups is 4. The van der Waals surface area contributed by atoms with Crippen LogP contribution in [0.15, 0.2) is 72.8 Å². The summed E-state index contributed by atoms with van der Waals surface area (Å²) >= 11 is 4.45. The number of benzene rings is 2. The second-order valence-corrected chi connectivity index (χ2v) is 15.5. The van der Waals surface area contributed by atoms with E-state index in [2.05, 4.69) is 45.2 Å². The van der Waals surface area contributed by atoms with Crippen molar-refractivity contribution in [2.24, 2.45) is 0 Å². The zero-order valence-corrected chi connectivity index (χ0v) is 35.4. The third kappa shape index (κ3) is 26.0. The van der Waals surface area contributed by atoms with Crippen LogP contribution in [0, 0.1) is 7.14 Å². The molecule has 2 amide bonds. The molecule has 2 aromatic rings. The zero-order valence-electron chi connectivity index (χ0n) is 31.1. The van der Waals surface area contributed by atoms with Crippen LogP contribution in [0.25, 0.3) is 0 Å². The number of hydrogen-bond acceptors (Lipinski definition) is 9. The van der Waals surface area contributed by atoms with Crippen LogP contribution in [0.2, 0.25) is 0 Å². The standard InChI is InChI=1S/C20H28INO5.C18H24INO5.CH4/c1-5-25-18(23)8-6-7-13-22(19(24)27-20(2,3)4)14-15-26-17-11-9-16(21)10-12-17;1-18(2,3)25-17(23)20(11-5-4-6-16(21)22)12-13-24-15-9-7-14(19)8-10-15;/h6,8-12H,5,7,13-15H2,1-4H3;4,6-10H,5,11-13H2,1-3H3,(H,21,22);1H4/b8-6+;6-4+;. The first kappa shape index (κ1) is 49.5. The molecule has 14 heteroatoms. The molecule has 0 aliphatic heterocycles. The van der Waals surface area contributed by atoms with Crippen LogP contribution in [0.3, 0.4) is 0 Å². The van der Waals surface area contributed by atoms with Gasteiger partial charge in [-0.1, -0.05) is 19.6 Å². The van der Waals surface area contributed by atoms with Crippen molar-refractivity contribution in [2.45, 2.75) is 79.9 Å². The molecular formula is C39H56I2N2O10. The van der Waals surface area contributed by atoms with Crippen molar-refractivity contribution in [3.05, 3.63) is 80.0 Å². The zero-order chi connectivity index (χ0) is 39.2. The minimum atomic E-state index is -1.01. The van der Waals surface area contributed by atoms with Crippen molar-refractivity contribution < 1.29 is 48.0 Å². The number of amides is 2. The first-order valence-corrected chi connectivity index (χ1v) is 19.0.